The zero-order valence-electron chi connectivity index (χ0n) is 10.8. The van der Waals surface area contributed by atoms with Crippen molar-refractivity contribution in [3.05, 3.63) is 23.8 Å². The van der Waals surface area contributed by atoms with Gasteiger partial charge in [0.15, 0.2) is 0 Å². The predicted molar refractivity (Wildman–Crippen MR) is 68.9 cm³/mol. The standard InChI is InChI=1S/C14H19NO3/c1-9(2)15-14(17)12-7-11(16)5-6-13(12)18-8-10-3-4-10/h5-7,9-10,16H,3-4,8H2,1-2H3,(H,15,17). The van der Waals surface area contributed by atoms with E-state index in [4.69, 9.17) is 4.74 Å². The third kappa shape index (κ3) is 3.39. The summed E-state index contributed by atoms with van der Waals surface area (Å²) in [6.07, 6.45) is 2.40. The minimum absolute atomic E-state index is 0.0520. The highest BCUT2D eigenvalue weighted by Gasteiger charge is 2.23. The zero-order valence-corrected chi connectivity index (χ0v) is 10.8. The van der Waals surface area contributed by atoms with Crippen LogP contribution < -0.4 is 10.1 Å². The van der Waals surface area contributed by atoms with E-state index >= 15 is 0 Å². The number of amides is 1. The van der Waals surface area contributed by atoms with E-state index in [1.807, 2.05) is 13.8 Å². The molecule has 0 unspecified atom stereocenters. The average molecular weight is 249 g/mol. The molecule has 1 aliphatic rings. The molecule has 4 nitrogen and oxygen atoms in total. The van der Waals surface area contributed by atoms with Gasteiger partial charge < -0.3 is 15.2 Å². The lowest BCUT2D eigenvalue weighted by Crippen LogP contribution is -2.30. The van der Waals surface area contributed by atoms with Gasteiger partial charge in [0, 0.05) is 6.04 Å². The SMILES string of the molecule is CC(C)NC(=O)c1cc(O)ccc1OCC1CC1. The van der Waals surface area contributed by atoms with Crippen LogP contribution in [0.5, 0.6) is 11.5 Å². The van der Waals surface area contributed by atoms with E-state index in [0.29, 0.717) is 23.8 Å². The summed E-state index contributed by atoms with van der Waals surface area (Å²) in [6, 6.07) is 4.68. The van der Waals surface area contributed by atoms with Gasteiger partial charge in [0.2, 0.25) is 0 Å². The molecule has 1 aromatic rings. The molecule has 2 rings (SSSR count). The molecule has 0 spiro atoms. The van der Waals surface area contributed by atoms with Crippen molar-refractivity contribution in [2.75, 3.05) is 6.61 Å². The fraction of sp³-hybridized carbons (Fsp3) is 0.500. The maximum Gasteiger partial charge on any atom is 0.255 e. The zero-order chi connectivity index (χ0) is 13.1. The molecule has 98 valence electrons. The summed E-state index contributed by atoms with van der Waals surface area (Å²) in [7, 11) is 0. The summed E-state index contributed by atoms with van der Waals surface area (Å²) in [5, 5.41) is 12.3. The lowest BCUT2D eigenvalue weighted by Gasteiger charge is -2.13. The molecule has 0 bridgehead atoms. The van der Waals surface area contributed by atoms with E-state index < -0.39 is 0 Å². The summed E-state index contributed by atoms with van der Waals surface area (Å²) in [6.45, 7) is 4.43. The minimum atomic E-state index is -0.216. The molecule has 0 heterocycles. The smallest absolute Gasteiger partial charge is 0.255 e. The first-order valence-electron chi connectivity index (χ1n) is 6.33. The van der Waals surface area contributed by atoms with Crippen LogP contribution in [0.15, 0.2) is 18.2 Å². The van der Waals surface area contributed by atoms with Gasteiger partial charge in [-0.25, -0.2) is 0 Å². The first-order valence-corrected chi connectivity index (χ1v) is 6.33. The molecule has 2 N–H and O–H groups in total. The van der Waals surface area contributed by atoms with Gasteiger partial charge in [-0.15, -0.1) is 0 Å². The van der Waals surface area contributed by atoms with Crippen molar-refractivity contribution < 1.29 is 14.6 Å². The maximum absolute atomic E-state index is 12.0. The second kappa shape index (κ2) is 5.29. The Bertz CT molecular complexity index is 439. The Morgan fingerprint density at radius 2 is 2.22 bits per heavy atom. The molecule has 1 fully saturated rings. The van der Waals surface area contributed by atoms with Crippen molar-refractivity contribution in [3.63, 3.8) is 0 Å². The molecule has 0 atom stereocenters. The molecule has 0 aliphatic heterocycles. The Labute approximate surface area is 107 Å². The van der Waals surface area contributed by atoms with E-state index in [1.165, 1.54) is 25.0 Å². The quantitative estimate of drug-likeness (QED) is 0.842. The number of benzene rings is 1. The summed E-state index contributed by atoms with van der Waals surface area (Å²) >= 11 is 0. The summed E-state index contributed by atoms with van der Waals surface area (Å²) < 4.78 is 5.65. The average Bonchev–Trinajstić information content (AvgIpc) is 3.10. The Hall–Kier alpha value is -1.71. The van der Waals surface area contributed by atoms with Crippen molar-refractivity contribution in [1.82, 2.24) is 5.32 Å². The third-order valence-electron chi connectivity index (χ3n) is 2.80. The van der Waals surface area contributed by atoms with Gasteiger partial charge in [-0.2, -0.15) is 0 Å². The Morgan fingerprint density at radius 1 is 1.50 bits per heavy atom. The number of carbonyl (C=O) groups is 1. The molecule has 0 aromatic heterocycles. The molecular formula is C14H19NO3. The van der Waals surface area contributed by atoms with Crippen LogP contribution in [0.2, 0.25) is 0 Å². The monoisotopic (exact) mass is 249 g/mol. The first kappa shape index (κ1) is 12.7. The van der Waals surface area contributed by atoms with E-state index in [0.717, 1.165) is 0 Å². The number of phenols is 1. The van der Waals surface area contributed by atoms with Crippen LogP contribution in [-0.2, 0) is 0 Å². The van der Waals surface area contributed by atoms with Gasteiger partial charge in [0.1, 0.15) is 11.5 Å². The highest BCUT2D eigenvalue weighted by atomic mass is 16.5. The molecule has 0 saturated heterocycles. The number of aromatic hydroxyl groups is 1. The van der Waals surface area contributed by atoms with Crippen LogP contribution >= 0.6 is 0 Å². The van der Waals surface area contributed by atoms with Crippen molar-refractivity contribution in [3.8, 4) is 11.5 Å². The van der Waals surface area contributed by atoms with Crippen LogP contribution in [0.1, 0.15) is 37.0 Å². The summed E-state index contributed by atoms with van der Waals surface area (Å²) in [5.41, 5.74) is 0.393. The number of carbonyl (C=O) groups excluding carboxylic acids is 1. The van der Waals surface area contributed by atoms with Crippen LogP contribution in [0.4, 0.5) is 0 Å². The topological polar surface area (TPSA) is 58.6 Å². The Kier molecular flexibility index (Phi) is 3.75. The van der Waals surface area contributed by atoms with Gasteiger partial charge in [-0.1, -0.05) is 0 Å². The number of hydrogen-bond acceptors (Lipinski definition) is 3. The van der Waals surface area contributed by atoms with Crippen molar-refractivity contribution >= 4 is 5.91 Å². The van der Waals surface area contributed by atoms with E-state index in [9.17, 15) is 9.90 Å². The second-order valence-corrected chi connectivity index (χ2v) is 5.06. The molecule has 4 heteroatoms. The lowest BCUT2D eigenvalue weighted by atomic mass is 10.1. The van der Waals surface area contributed by atoms with Crippen LogP contribution in [0, 0.1) is 5.92 Å². The number of hydrogen-bond donors (Lipinski definition) is 2. The van der Waals surface area contributed by atoms with Gasteiger partial charge in [-0.05, 0) is 50.8 Å². The van der Waals surface area contributed by atoms with Gasteiger partial charge in [-0.3, -0.25) is 4.79 Å². The fourth-order valence-corrected chi connectivity index (χ4v) is 1.65. The van der Waals surface area contributed by atoms with Crippen LogP contribution in [0.25, 0.3) is 0 Å². The second-order valence-electron chi connectivity index (χ2n) is 5.06. The molecule has 18 heavy (non-hydrogen) atoms. The van der Waals surface area contributed by atoms with Crippen LogP contribution in [-0.4, -0.2) is 23.7 Å². The van der Waals surface area contributed by atoms with Crippen LogP contribution in [0.3, 0.4) is 0 Å². The van der Waals surface area contributed by atoms with E-state index in [1.54, 1.807) is 6.07 Å². The highest BCUT2D eigenvalue weighted by Crippen LogP contribution is 2.31. The number of nitrogens with one attached hydrogen (secondary N) is 1. The predicted octanol–water partition coefficient (Wildman–Crippen LogP) is 2.32. The minimum Gasteiger partial charge on any atom is -0.508 e. The molecule has 1 amide bonds. The lowest BCUT2D eigenvalue weighted by molar-refractivity contribution is 0.0938. The van der Waals surface area contributed by atoms with E-state index in [-0.39, 0.29) is 17.7 Å². The maximum atomic E-state index is 12.0. The normalized spacial score (nSPS) is 14.6. The molecule has 1 saturated carbocycles. The summed E-state index contributed by atoms with van der Waals surface area (Å²) in [5.74, 6) is 1.02. The molecule has 0 radical (unpaired) electrons. The molecule has 1 aliphatic carbocycles. The number of rotatable bonds is 5. The largest absolute Gasteiger partial charge is 0.508 e. The van der Waals surface area contributed by atoms with Crippen molar-refractivity contribution in [1.29, 1.82) is 0 Å². The van der Waals surface area contributed by atoms with E-state index in [2.05, 4.69) is 5.32 Å². The number of ether oxygens (including phenoxy) is 1. The molecule has 1 aromatic carbocycles. The van der Waals surface area contributed by atoms with Crippen molar-refractivity contribution in [2.24, 2.45) is 5.92 Å². The Morgan fingerprint density at radius 3 is 2.83 bits per heavy atom. The van der Waals surface area contributed by atoms with Gasteiger partial charge in [0.05, 0.1) is 12.2 Å². The third-order valence-corrected chi connectivity index (χ3v) is 2.80. The number of phenolic OH excluding ortho intramolecular Hbond substituents is 1. The summed E-state index contributed by atoms with van der Waals surface area (Å²) in [4.78, 5) is 12.0. The van der Waals surface area contributed by atoms with Gasteiger partial charge >= 0.3 is 0 Å². The fourth-order valence-electron chi connectivity index (χ4n) is 1.65. The first-order chi connectivity index (χ1) is 8.56. The van der Waals surface area contributed by atoms with Crippen molar-refractivity contribution in [2.45, 2.75) is 32.7 Å². The molecular weight excluding hydrogens is 230 g/mol. The Balaban J connectivity index is 2.13. The highest BCUT2D eigenvalue weighted by molar-refractivity contribution is 5.97. The van der Waals surface area contributed by atoms with Gasteiger partial charge in [0.25, 0.3) is 5.91 Å².